The standard InChI is InChI=1S/C18H16N2O4/c1-23-16-5-3-2-4-14(16)10-18(22)24-12-17(21)20-15-8-6-13(11-19)7-9-15/h2-9H,10,12H2,1H3,(H,20,21). The number of ether oxygens (including phenoxy) is 2. The van der Waals surface area contributed by atoms with Crippen LogP contribution in [0.1, 0.15) is 11.1 Å². The highest BCUT2D eigenvalue weighted by atomic mass is 16.5. The number of benzene rings is 2. The maximum Gasteiger partial charge on any atom is 0.310 e. The molecular weight excluding hydrogens is 308 g/mol. The molecule has 0 unspecified atom stereocenters. The number of carbonyl (C=O) groups excluding carboxylic acids is 2. The molecule has 0 saturated carbocycles. The van der Waals surface area contributed by atoms with Gasteiger partial charge in [-0.05, 0) is 30.3 Å². The van der Waals surface area contributed by atoms with Crippen molar-refractivity contribution >= 4 is 17.6 Å². The SMILES string of the molecule is COc1ccccc1CC(=O)OCC(=O)Nc1ccc(C#N)cc1. The topological polar surface area (TPSA) is 88.4 Å². The Morgan fingerprint density at radius 3 is 2.50 bits per heavy atom. The van der Waals surface area contributed by atoms with Crippen molar-refractivity contribution in [2.24, 2.45) is 0 Å². The molecule has 0 aliphatic heterocycles. The van der Waals surface area contributed by atoms with Crippen LogP contribution in [-0.2, 0) is 20.7 Å². The number of hydrogen-bond acceptors (Lipinski definition) is 5. The highest BCUT2D eigenvalue weighted by molar-refractivity contribution is 5.92. The van der Waals surface area contributed by atoms with Crippen LogP contribution < -0.4 is 10.1 Å². The van der Waals surface area contributed by atoms with E-state index in [9.17, 15) is 9.59 Å². The van der Waals surface area contributed by atoms with Gasteiger partial charge in [0.1, 0.15) is 5.75 Å². The first-order chi connectivity index (χ1) is 11.6. The van der Waals surface area contributed by atoms with Gasteiger partial charge in [0, 0.05) is 11.3 Å². The molecule has 1 N–H and O–H groups in total. The van der Waals surface area contributed by atoms with Crippen molar-refractivity contribution in [2.75, 3.05) is 19.0 Å². The van der Waals surface area contributed by atoms with Crippen molar-refractivity contribution in [3.05, 3.63) is 59.7 Å². The van der Waals surface area contributed by atoms with Crippen LogP contribution in [0.15, 0.2) is 48.5 Å². The molecule has 0 radical (unpaired) electrons. The molecule has 0 fully saturated rings. The van der Waals surface area contributed by atoms with E-state index >= 15 is 0 Å². The van der Waals surface area contributed by atoms with Gasteiger partial charge >= 0.3 is 5.97 Å². The van der Waals surface area contributed by atoms with E-state index in [1.165, 1.54) is 7.11 Å². The molecule has 6 heteroatoms. The first kappa shape index (κ1) is 17.0. The van der Waals surface area contributed by atoms with Crippen LogP contribution in [0.3, 0.4) is 0 Å². The molecule has 2 aromatic carbocycles. The first-order valence-corrected chi connectivity index (χ1v) is 7.20. The fourth-order valence-corrected chi connectivity index (χ4v) is 2.03. The molecule has 0 spiro atoms. The zero-order chi connectivity index (χ0) is 17.4. The average molecular weight is 324 g/mol. The van der Waals surface area contributed by atoms with Gasteiger partial charge < -0.3 is 14.8 Å². The molecule has 122 valence electrons. The second-order valence-corrected chi connectivity index (χ2v) is 4.89. The summed E-state index contributed by atoms with van der Waals surface area (Å²) in [4.78, 5) is 23.6. The van der Waals surface area contributed by atoms with Crippen LogP contribution in [0.25, 0.3) is 0 Å². The highest BCUT2D eigenvalue weighted by Crippen LogP contribution is 2.18. The monoisotopic (exact) mass is 324 g/mol. The van der Waals surface area contributed by atoms with Gasteiger partial charge in [0.15, 0.2) is 6.61 Å². The Labute approximate surface area is 139 Å². The molecule has 24 heavy (non-hydrogen) atoms. The van der Waals surface area contributed by atoms with Crippen LogP contribution in [0, 0.1) is 11.3 Å². The Bertz CT molecular complexity index is 763. The van der Waals surface area contributed by atoms with Crippen molar-refractivity contribution < 1.29 is 19.1 Å². The van der Waals surface area contributed by atoms with Crippen LogP contribution in [0.5, 0.6) is 5.75 Å². The lowest BCUT2D eigenvalue weighted by molar-refractivity contribution is -0.146. The summed E-state index contributed by atoms with van der Waals surface area (Å²) >= 11 is 0. The summed E-state index contributed by atoms with van der Waals surface area (Å²) in [5.41, 5.74) is 1.72. The van der Waals surface area contributed by atoms with Crippen molar-refractivity contribution in [2.45, 2.75) is 6.42 Å². The number of amides is 1. The number of nitrogens with one attached hydrogen (secondary N) is 1. The van der Waals surface area contributed by atoms with Gasteiger partial charge in [-0.15, -0.1) is 0 Å². The zero-order valence-corrected chi connectivity index (χ0v) is 13.1. The molecule has 0 heterocycles. The summed E-state index contributed by atoms with van der Waals surface area (Å²) in [6, 6.07) is 15.5. The molecule has 0 saturated heterocycles. The van der Waals surface area contributed by atoms with Gasteiger partial charge in [-0.25, -0.2) is 0 Å². The minimum Gasteiger partial charge on any atom is -0.496 e. The molecule has 0 bridgehead atoms. The number of nitriles is 1. The Hall–Kier alpha value is -3.33. The van der Waals surface area contributed by atoms with Gasteiger partial charge in [0.05, 0.1) is 25.2 Å². The summed E-state index contributed by atoms with van der Waals surface area (Å²) in [5, 5.41) is 11.3. The molecule has 2 rings (SSSR count). The quantitative estimate of drug-likeness (QED) is 0.824. The van der Waals surface area contributed by atoms with Gasteiger partial charge in [-0.1, -0.05) is 18.2 Å². The lowest BCUT2D eigenvalue weighted by Crippen LogP contribution is -2.21. The van der Waals surface area contributed by atoms with Crippen LogP contribution in [0.4, 0.5) is 5.69 Å². The predicted molar refractivity (Wildman–Crippen MR) is 87.4 cm³/mol. The predicted octanol–water partition coefficient (Wildman–Crippen LogP) is 2.29. The van der Waals surface area contributed by atoms with E-state index in [0.29, 0.717) is 22.6 Å². The smallest absolute Gasteiger partial charge is 0.310 e. The van der Waals surface area contributed by atoms with Crippen molar-refractivity contribution in [3.8, 4) is 11.8 Å². The van der Waals surface area contributed by atoms with E-state index < -0.39 is 11.9 Å². The largest absolute Gasteiger partial charge is 0.496 e. The number of esters is 1. The van der Waals surface area contributed by atoms with Crippen LogP contribution in [0.2, 0.25) is 0 Å². The Morgan fingerprint density at radius 1 is 1.12 bits per heavy atom. The lowest BCUT2D eigenvalue weighted by atomic mass is 10.1. The van der Waals surface area contributed by atoms with Crippen LogP contribution >= 0.6 is 0 Å². The van der Waals surface area contributed by atoms with E-state index in [-0.39, 0.29) is 13.0 Å². The highest BCUT2D eigenvalue weighted by Gasteiger charge is 2.11. The Kier molecular flexibility index (Phi) is 5.92. The van der Waals surface area contributed by atoms with Crippen molar-refractivity contribution in [1.82, 2.24) is 0 Å². The Balaban J connectivity index is 1.82. The molecular formula is C18H16N2O4. The number of nitrogens with zero attached hydrogens (tertiary/aromatic N) is 1. The number of methoxy groups -OCH3 is 1. The minimum atomic E-state index is -0.519. The molecule has 0 aliphatic carbocycles. The van der Waals surface area contributed by atoms with E-state index in [0.717, 1.165) is 0 Å². The second kappa shape index (κ2) is 8.34. The van der Waals surface area contributed by atoms with Gasteiger partial charge in [-0.3, -0.25) is 9.59 Å². The maximum atomic E-state index is 11.8. The number of rotatable bonds is 6. The zero-order valence-electron chi connectivity index (χ0n) is 13.1. The maximum absolute atomic E-state index is 11.8. The third-order valence-electron chi connectivity index (χ3n) is 3.19. The van der Waals surface area contributed by atoms with Crippen molar-refractivity contribution in [3.63, 3.8) is 0 Å². The average Bonchev–Trinajstić information content (AvgIpc) is 2.61. The third kappa shape index (κ3) is 4.85. The Morgan fingerprint density at radius 2 is 1.83 bits per heavy atom. The fraction of sp³-hybridized carbons (Fsp3) is 0.167. The third-order valence-corrected chi connectivity index (χ3v) is 3.19. The molecule has 0 aliphatic rings. The lowest BCUT2D eigenvalue weighted by Gasteiger charge is -2.09. The van der Waals surface area contributed by atoms with Gasteiger partial charge in [-0.2, -0.15) is 5.26 Å². The molecule has 0 aromatic heterocycles. The molecule has 0 atom stereocenters. The summed E-state index contributed by atoms with van der Waals surface area (Å²) < 4.78 is 10.1. The first-order valence-electron chi connectivity index (χ1n) is 7.20. The summed E-state index contributed by atoms with van der Waals surface area (Å²) in [5.74, 6) is -0.376. The van der Waals surface area contributed by atoms with E-state index in [1.54, 1.807) is 48.5 Å². The summed E-state index contributed by atoms with van der Waals surface area (Å²) in [6.45, 7) is -0.381. The minimum absolute atomic E-state index is 0.0220. The second-order valence-electron chi connectivity index (χ2n) is 4.89. The van der Waals surface area contributed by atoms with E-state index in [4.69, 9.17) is 14.7 Å². The van der Waals surface area contributed by atoms with E-state index in [1.807, 2.05) is 6.07 Å². The van der Waals surface area contributed by atoms with Crippen molar-refractivity contribution in [1.29, 1.82) is 5.26 Å². The number of hydrogen-bond donors (Lipinski definition) is 1. The normalized spacial score (nSPS) is 9.67. The van der Waals surface area contributed by atoms with Gasteiger partial charge in [0.25, 0.3) is 5.91 Å². The molecule has 1 amide bonds. The summed E-state index contributed by atoms with van der Waals surface area (Å²) in [7, 11) is 1.52. The molecule has 6 nitrogen and oxygen atoms in total. The van der Waals surface area contributed by atoms with E-state index in [2.05, 4.69) is 5.32 Å². The number of carbonyl (C=O) groups is 2. The summed E-state index contributed by atoms with van der Waals surface area (Å²) in [6.07, 6.45) is 0.0220. The van der Waals surface area contributed by atoms with Crippen LogP contribution in [-0.4, -0.2) is 25.6 Å². The molecule has 2 aromatic rings. The fourth-order valence-electron chi connectivity index (χ4n) is 2.03. The number of anilines is 1. The number of para-hydroxylation sites is 1. The van der Waals surface area contributed by atoms with Gasteiger partial charge in [0.2, 0.25) is 0 Å².